The van der Waals surface area contributed by atoms with Gasteiger partial charge in [0.15, 0.2) is 0 Å². The molecule has 2 rings (SSSR count). The van der Waals surface area contributed by atoms with Crippen LogP contribution in [0.3, 0.4) is 0 Å². The molecule has 0 aromatic carbocycles. The van der Waals surface area contributed by atoms with Crippen molar-refractivity contribution in [3.63, 3.8) is 0 Å². The van der Waals surface area contributed by atoms with Gasteiger partial charge in [0.25, 0.3) is 0 Å². The van der Waals surface area contributed by atoms with Gasteiger partial charge in [0.05, 0.1) is 24.9 Å². The summed E-state index contributed by atoms with van der Waals surface area (Å²) in [5, 5.41) is 21.1. The van der Waals surface area contributed by atoms with E-state index in [0.717, 1.165) is 63.5 Å². The molecule has 0 radical (unpaired) electrons. The van der Waals surface area contributed by atoms with Gasteiger partial charge in [-0.2, -0.15) is 11.8 Å². The summed E-state index contributed by atoms with van der Waals surface area (Å²) in [5.74, 6) is 7.47. The Labute approximate surface area is 172 Å². The molecule has 0 saturated heterocycles. The van der Waals surface area contributed by atoms with Gasteiger partial charge in [-0.3, -0.25) is 4.79 Å². The van der Waals surface area contributed by atoms with Gasteiger partial charge in [0.1, 0.15) is 5.60 Å². The molecule has 6 heteroatoms. The van der Waals surface area contributed by atoms with Gasteiger partial charge in [0.2, 0.25) is 0 Å². The van der Waals surface area contributed by atoms with Crippen LogP contribution in [0.15, 0.2) is 0 Å². The highest BCUT2D eigenvalue weighted by Crippen LogP contribution is 2.39. The number of aliphatic hydroxyl groups excluding tert-OH is 1. The Morgan fingerprint density at radius 2 is 1.96 bits per heavy atom. The number of rotatable bonds is 7. The van der Waals surface area contributed by atoms with Crippen molar-refractivity contribution in [2.45, 2.75) is 81.3 Å². The zero-order chi connectivity index (χ0) is 19.7. The third-order valence-corrected chi connectivity index (χ3v) is 7.25. The molecule has 0 aliphatic heterocycles. The molecule has 0 spiro atoms. The number of carbonyl (C=O) groups is 1. The summed E-state index contributed by atoms with van der Waals surface area (Å²) in [6, 6.07) is 0. The summed E-state index contributed by atoms with van der Waals surface area (Å²) in [6.45, 7) is 0. The van der Waals surface area contributed by atoms with E-state index in [4.69, 9.17) is 11.6 Å². The highest BCUT2D eigenvalue weighted by Gasteiger charge is 2.40. The lowest BCUT2D eigenvalue weighted by Gasteiger charge is -2.22. The number of methoxy groups -OCH3 is 1. The van der Waals surface area contributed by atoms with Crippen molar-refractivity contribution < 1.29 is 19.7 Å². The van der Waals surface area contributed by atoms with E-state index in [-0.39, 0.29) is 23.2 Å². The molecule has 2 saturated carbocycles. The summed E-state index contributed by atoms with van der Waals surface area (Å²) in [7, 11) is 1.40. The van der Waals surface area contributed by atoms with E-state index in [1.807, 2.05) is 0 Å². The maximum absolute atomic E-state index is 11.1. The molecule has 0 aromatic heterocycles. The molecule has 0 bridgehead atoms. The van der Waals surface area contributed by atoms with Crippen molar-refractivity contribution in [3.05, 3.63) is 0 Å². The third-order valence-electron chi connectivity index (χ3n) is 5.73. The molecule has 0 heterocycles. The molecule has 4 nitrogen and oxygen atoms in total. The molecule has 27 heavy (non-hydrogen) atoms. The SMILES string of the molecule is COC(=O)CSCCCC[C@@H]1[C@@H](C#CC2(O)CCCCCC2)[C@H](O)C[C@H]1Cl. The van der Waals surface area contributed by atoms with Crippen LogP contribution in [-0.2, 0) is 9.53 Å². The number of aliphatic hydroxyl groups is 2. The summed E-state index contributed by atoms with van der Waals surface area (Å²) >= 11 is 8.08. The van der Waals surface area contributed by atoms with E-state index in [0.29, 0.717) is 12.2 Å². The Balaban J connectivity index is 1.83. The highest BCUT2D eigenvalue weighted by molar-refractivity contribution is 7.99. The average molecular weight is 417 g/mol. The number of ether oxygens (including phenoxy) is 1. The predicted molar refractivity (Wildman–Crippen MR) is 111 cm³/mol. The molecular weight excluding hydrogens is 384 g/mol. The minimum absolute atomic E-state index is 0.0641. The van der Waals surface area contributed by atoms with Crippen molar-refractivity contribution in [3.8, 4) is 11.8 Å². The number of thioether (sulfide) groups is 1. The molecule has 0 amide bonds. The van der Waals surface area contributed by atoms with E-state index in [1.165, 1.54) is 7.11 Å². The molecule has 2 aliphatic carbocycles. The van der Waals surface area contributed by atoms with Crippen molar-refractivity contribution in [2.24, 2.45) is 11.8 Å². The van der Waals surface area contributed by atoms with Crippen LogP contribution >= 0.6 is 23.4 Å². The van der Waals surface area contributed by atoms with Crippen LogP contribution in [0.5, 0.6) is 0 Å². The first kappa shape index (κ1) is 22.9. The lowest BCUT2D eigenvalue weighted by Crippen LogP contribution is -2.27. The molecule has 2 N–H and O–H groups in total. The van der Waals surface area contributed by atoms with Crippen LogP contribution in [0.25, 0.3) is 0 Å². The fraction of sp³-hybridized carbons (Fsp3) is 0.857. The first-order valence-electron chi connectivity index (χ1n) is 10.2. The number of hydrogen-bond donors (Lipinski definition) is 2. The highest BCUT2D eigenvalue weighted by atomic mass is 35.5. The third kappa shape index (κ3) is 7.49. The van der Waals surface area contributed by atoms with Crippen LogP contribution in [0, 0.1) is 23.7 Å². The summed E-state index contributed by atoms with van der Waals surface area (Å²) in [4.78, 5) is 11.1. The van der Waals surface area contributed by atoms with E-state index in [1.54, 1.807) is 11.8 Å². The van der Waals surface area contributed by atoms with Gasteiger partial charge >= 0.3 is 5.97 Å². The van der Waals surface area contributed by atoms with Gasteiger partial charge in [-0.1, -0.05) is 31.1 Å². The maximum Gasteiger partial charge on any atom is 0.315 e. The monoisotopic (exact) mass is 416 g/mol. The molecule has 154 valence electrons. The van der Waals surface area contributed by atoms with Crippen LogP contribution in [-0.4, -0.2) is 51.9 Å². The molecule has 0 unspecified atom stereocenters. The second kappa shape index (κ2) is 11.6. The normalized spacial score (nSPS) is 30.2. The largest absolute Gasteiger partial charge is 0.468 e. The second-order valence-corrected chi connectivity index (χ2v) is 9.51. The van der Waals surface area contributed by atoms with Gasteiger partial charge in [-0.15, -0.1) is 11.6 Å². The second-order valence-electron chi connectivity index (χ2n) is 7.85. The van der Waals surface area contributed by atoms with Crippen molar-refractivity contribution >= 4 is 29.3 Å². The van der Waals surface area contributed by atoms with Crippen LogP contribution < -0.4 is 0 Å². The summed E-state index contributed by atoms with van der Waals surface area (Å²) in [5.41, 5.74) is -0.893. The Morgan fingerprint density at radius 1 is 1.26 bits per heavy atom. The number of esters is 1. The quantitative estimate of drug-likeness (QED) is 0.217. The first-order chi connectivity index (χ1) is 12.9. The van der Waals surface area contributed by atoms with Gasteiger partial charge < -0.3 is 14.9 Å². The fourth-order valence-corrected chi connectivity index (χ4v) is 5.38. The van der Waals surface area contributed by atoms with Gasteiger partial charge in [-0.25, -0.2) is 0 Å². The first-order valence-corrected chi connectivity index (χ1v) is 11.8. The molecule has 0 aromatic rings. The number of carbonyl (C=O) groups excluding carboxylic acids is 1. The number of halogens is 1. The Morgan fingerprint density at radius 3 is 2.63 bits per heavy atom. The number of alkyl halides is 1. The topological polar surface area (TPSA) is 66.8 Å². The zero-order valence-corrected chi connectivity index (χ0v) is 17.9. The van der Waals surface area contributed by atoms with E-state index in [2.05, 4.69) is 16.6 Å². The van der Waals surface area contributed by atoms with Crippen LogP contribution in [0.2, 0.25) is 0 Å². The van der Waals surface area contributed by atoms with Crippen LogP contribution in [0.4, 0.5) is 0 Å². The molecule has 2 fully saturated rings. The predicted octanol–water partition coefficient (Wildman–Crippen LogP) is 3.76. The minimum Gasteiger partial charge on any atom is -0.468 e. The minimum atomic E-state index is -0.893. The summed E-state index contributed by atoms with van der Waals surface area (Å²) < 4.78 is 4.63. The number of hydrogen-bond acceptors (Lipinski definition) is 5. The van der Waals surface area contributed by atoms with Crippen molar-refractivity contribution in [2.75, 3.05) is 18.6 Å². The lowest BCUT2D eigenvalue weighted by molar-refractivity contribution is -0.137. The van der Waals surface area contributed by atoms with Gasteiger partial charge in [-0.05, 0) is 56.6 Å². The average Bonchev–Trinajstić information content (AvgIpc) is 2.79. The molecular formula is C21H33ClO4S. The smallest absolute Gasteiger partial charge is 0.315 e. The fourth-order valence-electron chi connectivity index (χ4n) is 4.08. The van der Waals surface area contributed by atoms with Crippen molar-refractivity contribution in [1.29, 1.82) is 0 Å². The maximum atomic E-state index is 11.1. The summed E-state index contributed by atoms with van der Waals surface area (Å²) in [6.07, 6.45) is 8.80. The van der Waals surface area contributed by atoms with E-state index < -0.39 is 11.7 Å². The molecule has 2 aliphatic rings. The molecule has 4 atom stereocenters. The Bertz CT molecular complexity index is 522. The lowest BCUT2D eigenvalue weighted by atomic mass is 9.88. The van der Waals surface area contributed by atoms with Gasteiger partial charge in [0, 0.05) is 5.38 Å². The number of unbranched alkanes of at least 4 members (excludes halogenated alkanes) is 1. The van der Waals surface area contributed by atoms with Crippen LogP contribution in [0.1, 0.15) is 64.2 Å². The Kier molecular flexibility index (Phi) is 9.79. The standard InChI is InChI=1S/C21H33ClO4S/c1-26-20(24)15-27-13-7-4-8-16-17(19(23)14-18(16)22)9-12-21(25)10-5-2-3-6-11-21/h16-19,23,25H,2-8,10-11,13-15H2,1H3/t16-,17-,18-,19-/m1/s1. The zero-order valence-electron chi connectivity index (χ0n) is 16.3. The van der Waals surface area contributed by atoms with E-state index in [9.17, 15) is 15.0 Å². The van der Waals surface area contributed by atoms with Crippen molar-refractivity contribution in [1.82, 2.24) is 0 Å². The Hall–Kier alpha value is -0.410. The van der Waals surface area contributed by atoms with E-state index >= 15 is 0 Å².